The lowest BCUT2D eigenvalue weighted by molar-refractivity contribution is -0.137. The third kappa shape index (κ3) is 3.58. The van der Waals surface area contributed by atoms with Crippen LogP contribution in [0.25, 0.3) is 11.1 Å². The second-order valence-electron chi connectivity index (χ2n) is 6.50. The maximum atomic E-state index is 12.5. The molecule has 3 rings (SSSR count). The Balaban J connectivity index is 1.53. The summed E-state index contributed by atoms with van der Waals surface area (Å²) in [5, 5.41) is 0. The number of hydrogen-bond acceptors (Lipinski definition) is 4. The molecule has 6 heteroatoms. The lowest BCUT2D eigenvalue weighted by Gasteiger charge is -2.37. The van der Waals surface area contributed by atoms with Crippen LogP contribution in [0.5, 0.6) is 0 Å². The number of piperidine rings is 1. The summed E-state index contributed by atoms with van der Waals surface area (Å²) in [6, 6.07) is 7.79. The average Bonchev–Trinajstić information content (AvgIpc) is 2.97. The highest BCUT2D eigenvalue weighted by atomic mass is 16.3. The first-order valence-electron chi connectivity index (χ1n) is 8.48. The predicted molar refractivity (Wildman–Crippen MR) is 90.0 cm³/mol. The van der Waals surface area contributed by atoms with Crippen LogP contribution in [0.1, 0.15) is 38.5 Å². The quantitative estimate of drug-likeness (QED) is 0.911. The van der Waals surface area contributed by atoms with Crippen molar-refractivity contribution in [2.45, 2.75) is 45.1 Å². The number of oxazole rings is 1. The highest BCUT2D eigenvalue weighted by Crippen LogP contribution is 2.23. The summed E-state index contributed by atoms with van der Waals surface area (Å²) in [4.78, 5) is 30.1. The van der Waals surface area contributed by atoms with Gasteiger partial charge in [-0.25, -0.2) is 4.98 Å². The lowest BCUT2D eigenvalue weighted by atomic mass is 9.92. The standard InChI is InChI=1S/C18H23N3O3/c1-12-9-10-13(18(19)23)11-21(12)17(22)8-4-7-16-20-14-5-2-3-6-15(14)24-16/h2-3,5-6,12-13H,4,7-11H2,1H3,(H2,19,23)/t12-,13+/m0/s1. The molecule has 1 saturated heterocycles. The normalized spacial score (nSPS) is 21.1. The maximum Gasteiger partial charge on any atom is 0.222 e. The van der Waals surface area contributed by atoms with Crippen LogP contribution in [0, 0.1) is 5.92 Å². The van der Waals surface area contributed by atoms with E-state index in [-0.39, 0.29) is 23.8 Å². The van der Waals surface area contributed by atoms with E-state index >= 15 is 0 Å². The van der Waals surface area contributed by atoms with Gasteiger partial charge < -0.3 is 15.1 Å². The minimum absolute atomic E-state index is 0.0737. The summed E-state index contributed by atoms with van der Waals surface area (Å²) in [6.07, 6.45) is 3.32. The van der Waals surface area contributed by atoms with E-state index in [0.29, 0.717) is 31.7 Å². The molecule has 2 aromatic rings. The van der Waals surface area contributed by atoms with Gasteiger partial charge in [-0.1, -0.05) is 12.1 Å². The summed E-state index contributed by atoms with van der Waals surface area (Å²) in [6.45, 7) is 2.47. The van der Waals surface area contributed by atoms with Gasteiger partial charge in [-0.2, -0.15) is 0 Å². The van der Waals surface area contributed by atoms with Crippen LogP contribution in [0.3, 0.4) is 0 Å². The number of aryl methyl sites for hydroxylation is 1. The Kier molecular flexibility index (Phi) is 4.83. The van der Waals surface area contributed by atoms with E-state index in [0.717, 1.165) is 23.9 Å². The van der Waals surface area contributed by atoms with E-state index in [4.69, 9.17) is 10.2 Å². The van der Waals surface area contributed by atoms with Crippen molar-refractivity contribution < 1.29 is 14.0 Å². The monoisotopic (exact) mass is 329 g/mol. The van der Waals surface area contributed by atoms with Gasteiger partial charge in [-0.05, 0) is 38.3 Å². The topological polar surface area (TPSA) is 89.4 Å². The highest BCUT2D eigenvalue weighted by molar-refractivity contribution is 5.80. The zero-order chi connectivity index (χ0) is 17.1. The van der Waals surface area contributed by atoms with Crippen molar-refractivity contribution in [3.63, 3.8) is 0 Å². The van der Waals surface area contributed by atoms with Gasteiger partial charge in [-0.3, -0.25) is 9.59 Å². The van der Waals surface area contributed by atoms with Crippen LogP contribution < -0.4 is 5.73 Å². The number of likely N-dealkylation sites (tertiary alicyclic amines) is 1. The first kappa shape index (κ1) is 16.5. The molecule has 0 radical (unpaired) electrons. The Morgan fingerprint density at radius 3 is 2.88 bits per heavy atom. The van der Waals surface area contributed by atoms with E-state index in [2.05, 4.69) is 4.98 Å². The summed E-state index contributed by atoms with van der Waals surface area (Å²) in [5.74, 6) is 0.198. The number of nitrogens with zero attached hydrogens (tertiary/aromatic N) is 2. The average molecular weight is 329 g/mol. The van der Waals surface area contributed by atoms with Gasteiger partial charge in [0, 0.05) is 25.4 Å². The van der Waals surface area contributed by atoms with E-state index in [1.165, 1.54) is 0 Å². The van der Waals surface area contributed by atoms with Crippen molar-refractivity contribution in [3.8, 4) is 0 Å². The molecule has 0 bridgehead atoms. The van der Waals surface area contributed by atoms with Gasteiger partial charge in [-0.15, -0.1) is 0 Å². The van der Waals surface area contributed by atoms with Crippen LogP contribution in [0.4, 0.5) is 0 Å². The summed E-state index contributed by atoms with van der Waals surface area (Å²) >= 11 is 0. The molecule has 2 atom stereocenters. The van der Waals surface area contributed by atoms with Crippen molar-refractivity contribution in [2.24, 2.45) is 11.7 Å². The van der Waals surface area contributed by atoms with Gasteiger partial charge in [0.15, 0.2) is 11.5 Å². The van der Waals surface area contributed by atoms with Crippen molar-refractivity contribution in [1.82, 2.24) is 9.88 Å². The highest BCUT2D eigenvalue weighted by Gasteiger charge is 2.31. The van der Waals surface area contributed by atoms with Crippen molar-refractivity contribution >= 4 is 22.9 Å². The van der Waals surface area contributed by atoms with E-state index < -0.39 is 0 Å². The molecule has 1 aliphatic heterocycles. The Hall–Kier alpha value is -2.37. The van der Waals surface area contributed by atoms with Gasteiger partial charge in [0.25, 0.3) is 0 Å². The van der Waals surface area contributed by atoms with Crippen LogP contribution in [-0.4, -0.2) is 34.3 Å². The summed E-state index contributed by atoms with van der Waals surface area (Å²) in [7, 11) is 0. The molecule has 128 valence electrons. The number of fused-ring (bicyclic) bond motifs is 1. The number of carbonyl (C=O) groups excluding carboxylic acids is 2. The molecule has 1 fully saturated rings. The zero-order valence-electron chi connectivity index (χ0n) is 13.9. The van der Waals surface area contributed by atoms with E-state index in [1.807, 2.05) is 31.2 Å². The van der Waals surface area contributed by atoms with Crippen LogP contribution >= 0.6 is 0 Å². The molecule has 2 N–H and O–H groups in total. The number of primary amides is 1. The van der Waals surface area contributed by atoms with Crippen molar-refractivity contribution in [2.75, 3.05) is 6.54 Å². The number of hydrogen-bond donors (Lipinski definition) is 1. The molecule has 0 spiro atoms. The zero-order valence-corrected chi connectivity index (χ0v) is 13.9. The fraction of sp³-hybridized carbons (Fsp3) is 0.500. The molecule has 6 nitrogen and oxygen atoms in total. The lowest BCUT2D eigenvalue weighted by Crippen LogP contribution is -2.48. The molecule has 0 unspecified atom stereocenters. The number of carbonyl (C=O) groups is 2. The number of amides is 2. The van der Waals surface area contributed by atoms with Gasteiger partial charge in [0.05, 0.1) is 5.92 Å². The fourth-order valence-corrected chi connectivity index (χ4v) is 3.25. The molecule has 0 saturated carbocycles. The first-order valence-corrected chi connectivity index (χ1v) is 8.48. The molecule has 0 aliphatic carbocycles. The smallest absolute Gasteiger partial charge is 0.222 e. The molecule has 1 aliphatic rings. The molecular weight excluding hydrogens is 306 g/mol. The number of para-hydroxylation sites is 2. The SMILES string of the molecule is C[C@H]1CC[C@@H](C(N)=O)CN1C(=O)CCCc1nc2ccccc2o1. The Labute approximate surface area is 141 Å². The Morgan fingerprint density at radius 1 is 1.33 bits per heavy atom. The predicted octanol–water partition coefficient (Wildman–Crippen LogP) is 2.26. The minimum atomic E-state index is -0.314. The second kappa shape index (κ2) is 7.03. The van der Waals surface area contributed by atoms with Crippen molar-refractivity contribution in [1.29, 1.82) is 0 Å². The molecular formula is C18H23N3O3. The fourth-order valence-electron chi connectivity index (χ4n) is 3.25. The molecule has 1 aromatic heterocycles. The van der Waals surface area contributed by atoms with Crippen LogP contribution in [0.15, 0.2) is 28.7 Å². The third-order valence-electron chi connectivity index (χ3n) is 4.72. The Bertz CT molecular complexity index is 707. The number of rotatable bonds is 5. The summed E-state index contributed by atoms with van der Waals surface area (Å²) < 4.78 is 5.67. The van der Waals surface area contributed by atoms with Crippen LogP contribution in [0.2, 0.25) is 0 Å². The maximum absolute atomic E-state index is 12.5. The molecule has 2 amide bonds. The van der Waals surface area contributed by atoms with E-state index in [9.17, 15) is 9.59 Å². The Morgan fingerprint density at radius 2 is 2.12 bits per heavy atom. The number of benzene rings is 1. The minimum Gasteiger partial charge on any atom is -0.441 e. The first-order chi connectivity index (χ1) is 11.5. The van der Waals surface area contributed by atoms with Gasteiger partial charge in [0.1, 0.15) is 5.52 Å². The van der Waals surface area contributed by atoms with Crippen LogP contribution in [-0.2, 0) is 16.0 Å². The number of nitrogens with two attached hydrogens (primary N) is 1. The van der Waals surface area contributed by atoms with Gasteiger partial charge in [0.2, 0.25) is 11.8 Å². The number of aromatic nitrogens is 1. The summed E-state index contributed by atoms with van der Waals surface area (Å²) in [5.41, 5.74) is 7.00. The molecule has 2 heterocycles. The van der Waals surface area contributed by atoms with Crippen molar-refractivity contribution in [3.05, 3.63) is 30.2 Å². The second-order valence-corrected chi connectivity index (χ2v) is 6.50. The van der Waals surface area contributed by atoms with Gasteiger partial charge >= 0.3 is 0 Å². The molecule has 24 heavy (non-hydrogen) atoms. The molecule has 1 aromatic carbocycles. The van der Waals surface area contributed by atoms with E-state index in [1.54, 1.807) is 4.90 Å². The largest absolute Gasteiger partial charge is 0.441 e. The third-order valence-corrected chi connectivity index (χ3v) is 4.72.